The molecular formula is C13H21N3O2S. The normalized spacial score (nSPS) is 18.6. The van der Waals surface area contributed by atoms with E-state index in [1.54, 1.807) is 6.20 Å². The lowest BCUT2D eigenvalue weighted by molar-refractivity contribution is 0.449. The highest BCUT2D eigenvalue weighted by Crippen LogP contribution is 2.19. The standard InChI is InChI=1S/C13H21N3O2S/c1-3-12(13-10-11(2)6-7-14-13)15-19(17,18)16-8-4-5-9-16/h6-7,10,12,15H,3-5,8-9H2,1-2H3/t12-/m1/s1. The molecule has 1 aromatic heterocycles. The fraction of sp³-hybridized carbons (Fsp3) is 0.615. The highest BCUT2D eigenvalue weighted by Gasteiger charge is 2.28. The van der Waals surface area contributed by atoms with Crippen LogP contribution in [0.2, 0.25) is 0 Å². The van der Waals surface area contributed by atoms with E-state index >= 15 is 0 Å². The summed E-state index contributed by atoms with van der Waals surface area (Å²) in [7, 11) is -3.39. The maximum Gasteiger partial charge on any atom is 0.280 e. The zero-order chi connectivity index (χ0) is 13.9. The molecule has 0 aliphatic carbocycles. The van der Waals surface area contributed by atoms with Crippen molar-refractivity contribution in [3.8, 4) is 0 Å². The van der Waals surface area contributed by atoms with E-state index in [2.05, 4.69) is 9.71 Å². The van der Waals surface area contributed by atoms with Gasteiger partial charge in [0, 0.05) is 19.3 Å². The molecule has 1 aliphatic rings. The second-order valence-corrected chi connectivity index (χ2v) is 6.65. The lowest BCUT2D eigenvalue weighted by Gasteiger charge is -2.21. The Morgan fingerprint density at radius 3 is 2.68 bits per heavy atom. The Labute approximate surface area is 115 Å². The molecule has 0 spiro atoms. The first-order valence-corrected chi connectivity index (χ1v) is 8.17. The summed E-state index contributed by atoms with van der Waals surface area (Å²) in [5.74, 6) is 0. The van der Waals surface area contributed by atoms with Crippen LogP contribution in [0, 0.1) is 6.92 Å². The highest BCUT2D eigenvalue weighted by atomic mass is 32.2. The Bertz CT molecular complexity index is 524. The van der Waals surface area contributed by atoms with Gasteiger partial charge in [-0.05, 0) is 43.9 Å². The van der Waals surface area contributed by atoms with Gasteiger partial charge in [0.1, 0.15) is 0 Å². The van der Waals surface area contributed by atoms with Gasteiger partial charge < -0.3 is 0 Å². The molecular weight excluding hydrogens is 262 g/mol. The molecule has 0 saturated carbocycles. The van der Waals surface area contributed by atoms with Gasteiger partial charge in [0.15, 0.2) is 0 Å². The number of hydrogen-bond donors (Lipinski definition) is 1. The molecule has 1 aromatic rings. The topological polar surface area (TPSA) is 62.3 Å². The Balaban J connectivity index is 2.15. The molecule has 0 unspecified atom stereocenters. The van der Waals surface area contributed by atoms with Crippen molar-refractivity contribution in [2.45, 2.75) is 39.2 Å². The van der Waals surface area contributed by atoms with Crippen molar-refractivity contribution in [2.75, 3.05) is 13.1 Å². The van der Waals surface area contributed by atoms with Crippen LogP contribution < -0.4 is 4.72 Å². The summed E-state index contributed by atoms with van der Waals surface area (Å²) in [5, 5.41) is 0. The highest BCUT2D eigenvalue weighted by molar-refractivity contribution is 7.87. The molecule has 106 valence electrons. The summed E-state index contributed by atoms with van der Waals surface area (Å²) in [5.41, 5.74) is 1.87. The number of aryl methyl sites for hydroxylation is 1. The van der Waals surface area contributed by atoms with E-state index in [4.69, 9.17) is 0 Å². The molecule has 2 rings (SSSR count). The minimum atomic E-state index is -3.39. The van der Waals surface area contributed by atoms with Gasteiger partial charge in [0.25, 0.3) is 10.2 Å². The van der Waals surface area contributed by atoms with Gasteiger partial charge in [0.2, 0.25) is 0 Å². The van der Waals surface area contributed by atoms with Crippen LogP contribution >= 0.6 is 0 Å². The number of nitrogens with zero attached hydrogens (tertiary/aromatic N) is 2. The molecule has 2 heterocycles. The van der Waals surface area contributed by atoms with Crippen molar-refractivity contribution in [3.05, 3.63) is 29.6 Å². The summed E-state index contributed by atoms with van der Waals surface area (Å²) < 4.78 is 28.8. The first-order chi connectivity index (χ1) is 9.03. The fourth-order valence-corrected chi connectivity index (χ4v) is 3.82. The van der Waals surface area contributed by atoms with E-state index in [0.717, 1.165) is 24.1 Å². The van der Waals surface area contributed by atoms with Gasteiger partial charge in [-0.1, -0.05) is 6.92 Å². The van der Waals surface area contributed by atoms with Crippen molar-refractivity contribution in [3.63, 3.8) is 0 Å². The average Bonchev–Trinajstić information content (AvgIpc) is 2.90. The summed E-state index contributed by atoms with van der Waals surface area (Å²) >= 11 is 0. The third-order valence-electron chi connectivity index (χ3n) is 3.40. The molecule has 0 radical (unpaired) electrons. The van der Waals surface area contributed by atoms with Crippen molar-refractivity contribution >= 4 is 10.2 Å². The maximum absolute atomic E-state index is 12.2. The van der Waals surface area contributed by atoms with E-state index in [-0.39, 0.29) is 6.04 Å². The smallest absolute Gasteiger partial charge is 0.260 e. The van der Waals surface area contributed by atoms with Crippen molar-refractivity contribution in [2.24, 2.45) is 0 Å². The van der Waals surface area contributed by atoms with Crippen molar-refractivity contribution < 1.29 is 8.42 Å². The van der Waals surface area contributed by atoms with Crippen LogP contribution in [0.1, 0.15) is 43.5 Å². The van der Waals surface area contributed by atoms with Gasteiger partial charge in [-0.3, -0.25) is 4.98 Å². The lowest BCUT2D eigenvalue weighted by atomic mass is 10.1. The predicted molar refractivity (Wildman–Crippen MR) is 74.9 cm³/mol. The first-order valence-electron chi connectivity index (χ1n) is 6.73. The van der Waals surface area contributed by atoms with E-state index < -0.39 is 10.2 Å². The first kappa shape index (κ1) is 14.4. The molecule has 6 heteroatoms. The van der Waals surface area contributed by atoms with Gasteiger partial charge in [-0.15, -0.1) is 0 Å². The van der Waals surface area contributed by atoms with E-state index in [0.29, 0.717) is 19.5 Å². The maximum atomic E-state index is 12.2. The van der Waals surface area contributed by atoms with Crippen LogP contribution in [0.5, 0.6) is 0 Å². The SMILES string of the molecule is CC[C@@H](NS(=O)(=O)N1CCCC1)c1cc(C)ccn1. The summed E-state index contributed by atoms with van der Waals surface area (Å²) in [4.78, 5) is 4.28. The average molecular weight is 283 g/mol. The number of hydrogen-bond acceptors (Lipinski definition) is 3. The zero-order valence-corrected chi connectivity index (χ0v) is 12.3. The molecule has 0 amide bonds. The third kappa shape index (κ3) is 3.52. The Morgan fingerprint density at radius 2 is 2.11 bits per heavy atom. The monoisotopic (exact) mass is 283 g/mol. The lowest BCUT2D eigenvalue weighted by Crippen LogP contribution is -2.40. The quantitative estimate of drug-likeness (QED) is 0.896. The number of aromatic nitrogens is 1. The molecule has 1 fully saturated rings. The van der Waals surface area contributed by atoms with Crippen LogP contribution in [-0.4, -0.2) is 30.8 Å². The van der Waals surface area contributed by atoms with Crippen LogP contribution in [0.15, 0.2) is 18.3 Å². The van der Waals surface area contributed by atoms with Crippen LogP contribution in [-0.2, 0) is 10.2 Å². The number of nitrogens with one attached hydrogen (secondary N) is 1. The molecule has 19 heavy (non-hydrogen) atoms. The molecule has 5 nitrogen and oxygen atoms in total. The minimum absolute atomic E-state index is 0.259. The van der Waals surface area contributed by atoms with Gasteiger partial charge in [0.05, 0.1) is 11.7 Å². The zero-order valence-electron chi connectivity index (χ0n) is 11.5. The summed E-state index contributed by atoms with van der Waals surface area (Å²) in [6, 6.07) is 3.58. The number of pyridine rings is 1. The molecule has 1 saturated heterocycles. The van der Waals surface area contributed by atoms with Crippen LogP contribution in [0.3, 0.4) is 0 Å². The van der Waals surface area contributed by atoms with E-state index in [1.807, 2.05) is 26.0 Å². The predicted octanol–water partition coefficient (Wildman–Crippen LogP) is 1.77. The second kappa shape index (κ2) is 5.98. The largest absolute Gasteiger partial charge is 0.280 e. The van der Waals surface area contributed by atoms with Gasteiger partial charge >= 0.3 is 0 Å². The van der Waals surface area contributed by atoms with Gasteiger partial charge in [-0.2, -0.15) is 17.4 Å². The molecule has 1 aliphatic heterocycles. The Morgan fingerprint density at radius 1 is 1.42 bits per heavy atom. The van der Waals surface area contributed by atoms with Crippen LogP contribution in [0.25, 0.3) is 0 Å². The second-order valence-electron chi connectivity index (χ2n) is 4.95. The Hall–Kier alpha value is -0.980. The molecule has 0 aromatic carbocycles. The van der Waals surface area contributed by atoms with Crippen LogP contribution in [0.4, 0.5) is 0 Å². The fourth-order valence-electron chi connectivity index (χ4n) is 2.29. The molecule has 1 N–H and O–H groups in total. The van der Waals surface area contributed by atoms with E-state index in [9.17, 15) is 8.42 Å². The minimum Gasteiger partial charge on any atom is -0.260 e. The summed E-state index contributed by atoms with van der Waals surface area (Å²) in [6.45, 7) is 5.17. The number of rotatable bonds is 5. The Kier molecular flexibility index (Phi) is 4.54. The molecule has 0 bridgehead atoms. The van der Waals surface area contributed by atoms with Crippen molar-refractivity contribution in [1.29, 1.82) is 0 Å². The third-order valence-corrected chi connectivity index (χ3v) is 5.03. The van der Waals surface area contributed by atoms with Crippen molar-refractivity contribution in [1.82, 2.24) is 14.0 Å². The van der Waals surface area contributed by atoms with E-state index in [1.165, 1.54) is 4.31 Å². The molecule has 1 atom stereocenters. The summed E-state index contributed by atoms with van der Waals surface area (Å²) in [6.07, 6.45) is 4.29. The van der Waals surface area contributed by atoms with Gasteiger partial charge in [-0.25, -0.2) is 0 Å².